The van der Waals surface area contributed by atoms with Crippen LogP contribution in [0.25, 0.3) is 0 Å². The minimum Gasteiger partial charge on any atom is -0.489 e. The van der Waals surface area contributed by atoms with Crippen LogP contribution in [0.15, 0.2) is 42.6 Å². The van der Waals surface area contributed by atoms with E-state index in [0.717, 1.165) is 44.2 Å². The number of nitrogens with one attached hydrogen (secondary N) is 2. The number of β-amino-alcohol motifs (C(OH)–C–C–N with tert-alkyl or cyclic N) is 1. The van der Waals surface area contributed by atoms with Gasteiger partial charge in [-0.15, -0.1) is 24.8 Å². The number of piperidine rings is 1. The van der Waals surface area contributed by atoms with Crippen LogP contribution in [0, 0.1) is 0 Å². The molecule has 0 saturated carbocycles. The summed E-state index contributed by atoms with van der Waals surface area (Å²) in [6, 6.07) is 12.4. The van der Waals surface area contributed by atoms with Crippen LogP contribution in [0.2, 0.25) is 0 Å². The van der Waals surface area contributed by atoms with Gasteiger partial charge in [0, 0.05) is 76.7 Å². The van der Waals surface area contributed by atoms with Gasteiger partial charge in [0.2, 0.25) is 0 Å². The van der Waals surface area contributed by atoms with Crippen molar-refractivity contribution >= 4 is 30.6 Å². The molecular weight excluding hydrogens is 493 g/mol. The minimum atomic E-state index is -0.534. The van der Waals surface area contributed by atoms with Crippen LogP contribution in [0.1, 0.15) is 23.8 Å². The number of aliphatic hydroxyl groups excluding tert-OH is 1. The Morgan fingerprint density at radius 3 is 2.51 bits per heavy atom. The summed E-state index contributed by atoms with van der Waals surface area (Å²) >= 11 is 0. The van der Waals surface area contributed by atoms with Crippen LogP contribution < -0.4 is 15.4 Å². The fourth-order valence-electron chi connectivity index (χ4n) is 4.98. The quantitative estimate of drug-likeness (QED) is 0.481. The highest BCUT2D eigenvalue weighted by Gasteiger charge is 2.36. The SMILES string of the molecule is Cl.Cl.O.O=C1CCNC2C1NCc1cc(OCC(O)CN3CCN(Cc4ccccc4)CC3)cn12. The fraction of sp³-hybridized carbons (Fsp3) is 0.542. The lowest BCUT2D eigenvalue weighted by molar-refractivity contribution is -0.124. The van der Waals surface area contributed by atoms with Crippen molar-refractivity contribution in [1.29, 1.82) is 0 Å². The van der Waals surface area contributed by atoms with Crippen molar-refractivity contribution in [3.8, 4) is 5.75 Å². The summed E-state index contributed by atoms with van der Waals surface area (Å²) in [6.07, 6.45) is 1.93. The molecule has 35 heavy (non-hydrogen) atoms. The number of hydrogen-bond donors (Lipinski definition) is 3. The molecule has 5 rings (SSSR count). The van der Waals surface area contributed by atoms with E-state index in [1.165, 1.54) is 5.56 Å². The highest BCUT2D eigenvalue weighted by atomic mass is 35.5. The monoisotopic (exact) mass is 529 g/mol. The first kappa shape index (κ1) is 29.5. The summed E-state index contributed by atoms with van der Waals surface area (Å²) in [5.41, 5.74) is 2.44. The van der Waals surface area contributed by atoms with E-state index in [4.69, 9.17) is 4.74 Å². The third-order valence-corrected chi connectivity index (χ3v) is 6.72. The Bertz CT molecular complexity index is 924. The second kappa shape index (κ2) is 13.6. The molecule has 3 aliphatic rings. The number of nitrogens with zero attached hydrogens (tertiary/aromatic N) is 3. The molecule has 1 aromatic carbocycles. The number of aromatic nitrogens is 1. The van der Waals surface area contributed by atoms with Crippen molar-refractivity contribution in [3.63, 3.8) is 0 Å². The van der Waals surface area contributed by atoms with Gasteiger partial charge in [-0.3, -0.25) is 25.2 Å². The minimum absolute atomic E-state index is 0. The van der Waals surface area contributed by atoms with E-state index in [1.54, 1.807) is 0 Å². The van der Waals surface area contributed by atoms with Crippen LogP contribution in [0.5, 0.6) is 5.75 Å². The van der Waals surface area contributed by atoms with Gasteiger partial charge >= 0.3 is 0 Å². The summed E-state index contributed by atoms with van der Waals surface area (Å²) in [4.78, 5) is 16.9. The molecule has 2 aromatic rings. The summed E-state index contributed by atoms with van der Waals surface area (Å²) in [7, 11) is 0. The highest BCUT2D eigenvalue weighted by molar-refractivity contribution is 5.86. The number of fused-ring (bicyclic) bond motifs is 3. The summed E-state index contributed by atoms with van der Waals surface area (Å²) in [5, 5.41) is 17.3. The maximum Gasteiger partial charge on any atom is 0.154 e. The maximum atomic E-state index is 12.2. The number of piperazine rings is 1. The van der Waals surface area contributed by atoms with Gasteiger partial charge in [-0.25, -0.2) is 0 Å². The molecule has 0 aliphatic carbocycles. The second-order valence-electron chi connectivity index (χ2n) is 9.08. The van der Waals surface area contributed by atoms with Crippen LogP contribution in [-0.2, 0) is 17.9 Å². The molecule has 9 nitrogen and oxygen atoms in total. The van der Waals surface area contributed by atoms with Gasteiger partial charge in [0.25, 0.3) is 0 Å². The summed E-state index contributed by atoms with van der Waals surface area (Å²) < 4.78 is 8.02. The predicted octanol–water partition coefficient (Wildman–Crippen LogP) is 0.597. The van der Waals surface area contributed by atoms with Gasteiger partial charge in [0.1, 0.15) is 30.7 Å². The molecule has 1 aromatic heterocycles. The number of carbonyl (C=O) groups is 1. The lowest BCUT2D eigenvalue weighted by Gasteiger charge is -2.37. The predicted molar refractivity (Wildman–Crippen MR) is 139 cm³/mol. The molecular formula is C24H37Cl2N5O4. The Balaban J connectivity index is 0.00000144. The number of ether oxygens (including phenoxy) is 1. The van der Waals surface area contributed by atoms with Gasteiger partial charge in [-0.05, 0) is 5.56 Å². The molecule has 11 heteroatoms. The number of ketones is 1. The van der Waals surface area contributed by atoms with Crippen molar-refractivity contribution in [2.24, 2.45) is 0 Å². The maximum absolute atomic E-state index is 12.2. The molecule has 2 saturated heterocycles. The smallest absolute Gasteiger partial charge is 0.154 e. The van der Waals surface area contributed by atoms with Crippen molar-refractivity contribution in [2.45, 2.75) is 37.8 Å². The van der Waals surface area contributed by atoms with E-state index >= 15 is 0 Å². The molecule has 0 bridgehead atoms. The number of rotatable bonds is 7. The highest BCUT2D eigenvalue weighted by Crippen LogP contribution is 2.28. The molecule has 3 aliphatic heterocycles. The number of hydrogen-bond acceptors (Lipinski definition) is 7. The number of Topliss-reactive ketones (excluding diaryl/α,β-unsaturated/α-hetero) is 1. The fourth-order valence-corrected chi connectivity index (χ4v) is 4.98. The van der Waals surface area contributed by atoms with Crippen molar-refractivity contribution in [3.05, 3.63) is 53.9 Å². The van der Waals surface area contributed by atoms with E-state index in [9.17, 15) is 9.90 Å². The third-order valence-electron chi connectivity index (χ3n) is 6.72. The zero-order valence-corrected chi connectivity index (χ0v) is 21.4. The van der Waals surface area contributed by atoms with Gasteiger partial charge < -0.3 is 19.9 Å². The number of carbonyl (C=O) groups excluding carboxylic acids is 1. The first-order valence-electron chi connectivity index (χ1n) is 11.7. The van der Waals surface area contributed by atoms with E-state index in [-0.39, 0.29) is 54.9 Å². The Morgan fingerprint density at radius 2 is 1.77 bits per heavy atom. The van der Waals surface area contributed by atoms with Crippen LogP contribution in [0.3, 0.4) is 0 Å². The van der Waals surface area contributed by atoms with Crippen LogP contribution >= 0.6 is 24.8 Å². The summed E-state index contributed by atoms with van der Waals surface area (Å²) in [5.74, 6) is 1.00. The second-order valence-corrected chi connectivity index (χ2v) is 9.08. The zero-order valence-electron chi connectivity index (χ0n) is 19.8. The normalized spacial score (nSPS) is 23.1. The Labute approximate surface area is 218 Å². The summed E-state index contributed by atoms with van der Waals surface area (Å²) in [6.45, 7) is 7.15. The number of benzene rings is 1. The number of aliphatic hydroxyl groups is 1. The molecule has 0 amide bonds. The lowest BCUT2D eigenvalue weighted by Crippen LogP contribution is -2.56. The molecule has 5 N–H and O–H groups in total. The average Bonchev–Trinajstić information content (AvgIpc) is 3.24. The van der Waals surface area contributed by atoms with Gasteiger partial charge in [-0.2, -0.15) is 0 Å². The third kappa shape index (κ3) is 7.18. The van der Waals surface area contributed by atoms with Crippen LogP contribution in [0.4, 0.5) is 0 Å². The van der Waals surface area contributed by atoms with Crippen molar-refractivity contribution in [2.75, 3.05) is 45.9 Å². The molecule has 196 valence electrons. The van der Waals surface area contributed by atoms with Crippen molar-refractivity contribution < 1.29 is 20.1 Å². The molecule has 0 radical (unpaired) electrons. The standard InChI is InChI=1S/C24H33N5O3.2ClH.H2O/c30-20(15-28-10-8-27(9-11-28)14-18-4-2-1-3-5-18)17-32-21-12-19-13-26-23-22(31)6-7-25-24(23)29(19)16-21;;;/h1-5,12,16,20,23-26,30H,6-11,13-15,17H2;2*1H;1H2. The Morgan fingerprint density at radius 1 is 1.06 bits per heavy atom. The van der Waals surface area contributed by atoms with Crippen LogP contribution in [-0.4, -0.2) is 88.8 Å². The Kier molecular flexibility index (Phi) is 11.5. The van der Waals surface area contributed by atoms with E-state index < -0.39 is 6.10 Å². The molecule has 0 spiro atoms. The van der Waals surface area contributed by atoms with Gasteiger partial charge in [0.05, 0.1) is 0 Å². The van der Waals surface area contributed by atoms with E-state index in [0.29, 0.717) is 26.1 Å². The Hall–Kier alpha value is -1.69. The first-order chi connectivity index (χ1) is 15.7. The average molecular weight is 530 g/mol. The molecule has 4 heterocycles. The van der Waals surface area contributed by atoms with E-state index in [2.05, 4.69) is 55.3 Å². The van der Waals surface area contributed by atoms with Gasteiger partial charge in [0.15, 0.2) is 5.78 Å². The first-order valence-corrected chi connectivity index (χ1v) is 11.7. The molecule has 3 atom stereocenters. The largest absolute Gasteiger partial charge is 0.489 e. The zero-order chi connectivity index (χ0) is 21.9. The number of halogens is 2. The van der Waals surface area contributed by atoms with E-state index in [1.807, 2.05) is 12.3 Å². The van der Waals surface area contributed by atoms with Crippen molar-refractivity contribution in [1.82, 2.24) is 25.0 Å². The lowest BCUT2D eigenvalue weighted by atomic mass is 10.0. The topological polar surface area (TPSA) is 114 Å². The molecule has 2 fully saturated rings. The van der Waals surface area contributed by atoms with Gasteiger partial charge in [-0.1, -0.05) is 30.3 Å². The molecule has 3 unspecified atom stereocenters.